The number of amides is 1. The number of likely N-dealkylation sites (N-methyl/N-ethyl adjacent to an activating group) is 1. The van der Waals surface area contributed by atoms with Gasteiger partial charge in [-0.25, -0.2) is 4.98 Å². The number of ether oxygens (including phenoxy) is 2. The molecule has 1 N–H and O–H groups in total. The molecule has 0 radical (unpaired) electrons. The number of fused-ring (bicyclic) bond motifs is 1. The van der Waals surface area contributed by atoms with E-state index in [1.807, 2.05) is 37.2 Å². The predicted molar refractivity (Wildman–Crippen MR) is 127 cm³/mol. The second kappa shape index (κ2) is 9.18. The van der Waals surface area contributed by atoms with Gasteiger partial charge >= 0.3 is 0 Å². The summed E-state index contributed by atoms with van der Waals surface area (Å²) in [4.78, 5) is 34.5. The average Bonchev–Trinajstić information content (AvgIpc) is 3.29. The number of methoxy groups -OCH3 is 2. The topological polar surface area (TPSA) is 96.6 Å². The lowest BCUT2D eigenvalue weighted by atomic mass is 9.95. The van der Waals surface area contributed by atoms with E-state index < -0.39 is 17.7 Å². The third kappa shape index (κ3) is 3.77. The van der Waals surface area contributed by atoms with Crippen LogP contribution in [-0.2, 0) is 9.59 Å². The maximum atomic E-state index is 13.4. The monoisotopic (exact) mass is 464 g/mol. The van der Waals surface area contributed by atoms with Gasteiger partial charge in [-0.15, -0.1) is 0 Å². The number of aliphatic hydroxyl groups excluding tert-OH is 1. The number of rotatable bonds is 7. The van der Waals surface area contributed by atoms with E-state index in [-0.39, 0.29) is 17.9 Å². The number of carbonyl (C=O) groups is 2. The Morgan fingerprint density at radius 3 is 2.56 bits per heavy atom. The molecule has 1 atom stereocenters. The van der Waals surface area contributed by atoms with Gasteiger partial charge in [0, 0.05) is 24.8 Å². The zero-order valence-corrected chi connectivity index (χ0v) is 19.9. The number of aryl methyl sites for hydroxylation is 1. The summed E-state index contributed by atoms with van der Waals surface area (Å²) in [5, 5.41) is 11.5. The molecule has 1 amide bonds. The third-order valence-electron chi connectivity index (χ3n) is 5.98. The second-order valence-electron chi connectivity index (χ2n) is 8.35. The molecule has 1 fully saturated rings. The maximum Gasteiger partial charge on any atom is 0.295 e. The molecule has 9 nitrogen and oxygen atoms in total. The number of nitrogens with zero attached hydrogens (tertiary/aromatic N) is 4. The van der Waals surface area contributed by atoms with E-state index in [4.69, 9.17) is 9.47 Å². The van der Waals surface area contributed by atoms with Crippen LogP contribution in [0.1, 0.15) is 23.0 Å². The standard InChI is InChI=1S/C25H28N4O5/c1-15-20(28-12-7-6-11-18(28)26-15)22(30)19-21(16-9-8-10-17(33-4)24(16)34-5)29(14-13-27(2)3)25(32)23(19)31/h6-12,21,30H,13-14H2,1-5H3/b22-19+/t21-/m1/s1. The van der Waals surface area contributed by atoms with Crippen LogP contribution in [-0.4, -0.2) is 77.4 Å². The summed E-state index contributed by atoms with van der Waals surface area (Å²) < 4.78 is 12.8. The number of carbonyl (C=O) groups excluding carboxylic acids is 2. The second-order valence-corrected chi connectivity index (χ2v) is 8.35. The van der Waals surface area contributed by atoms with Crippen molar-refractivity contribution in [1.29, 1.82) is 0 Å². The van der Waals surface area contributed by atoms with Crippen LogP contribution in [0.5, 0.6) is 11.5 Å². The number of ketones is 1. The first-order valence-electron chi connectivity index (χ1n) is 10.9. The predicted octanol–water partition coefficient (Wildman–Crippen LogP) is 2.64. The van der Waals surface area contributed by atoms with E-state index in [0.29, 0.717) is 40.6 Å². The van der Waals surface area contributed by atoms with Crippen LogP contribution in [0, 0.1) is 6.92 Å². The molecular formula is C25H28N4O5. The number of para-hydroxylation sites is 1. The number of aliphatic hydroxyl groups is 1. The summed E-state index contributed by atoms with van der Waals surface area (Å²) in [6, 6.07) is 9.87. The molecule has 2 aromatic heterocycles. The Morgan fingerprint density at radius 1 is 1.12 bits per heavy atom. The maximum absolute atomic E-state index is 13.4. The number of pyridine rings is 1. The molecule has 0 unspecified atom stereocenters. The average molecular weight is 465 g/mol. The minimum Gasteiger partial charge on any atom is -0.505 e. The Hall–Kier alpha value is -3.85. The Bertz CT molecular complexity index is 1290. The highest BCUT2D eigenvalue weighted by molar-refractivity contribution is 6.46. The summed E-state index contributed by atoms with van der Waals surface area (Å²) in [7, 11) is 6.80. The fourth-order valence-corrected chi connectivity index (χ4v) is 4.40. The van der Waals surface area contributed by atoms with Crippen molar-refractivity contribution < 1.29 is 24.2 Å². The van der Waals surface area contributed by atoms with Gasteiger partial charge in [-0.1, -0.05) is 18.2 Å². The SMILES string of the molecule is COc1cccc([C@@H]2/C(=C(\O)c3c(C)nc4ccccn34)C(=O)C(=O)N2CCN(C)C)c1OC. The smallest absolute Gasteiger partial charge is 0.295 e. The molecule has 0 bridgehead atoms. The highest BCUT2D eigenvalue weighted by Crippen LogP contribution is 2.45. The minimum absolute atomic E-state index is 0.0101. The zero-order valence-electron chi connectivity index (χ0n) is 19.9. The molecule has 1 aromatic carbocycles. The molecular weight excluding hydrogens is 436 g/mol. The molecule has 178 valence electrons. The highest BCUT2D eigenvalue weighted by atomic mass is 16.5. The van der Waals surface area contributed by atoms with E-state index in [2.05, 4.69) is 4.98 Å². The van der Waals surface area contributed by atoms with Gasteiger partial charge in [-0.05, 0) is 39.2 Å². The van der Waals surface area contributed by atoms with Gasteiger partial charge in [0.25, 0.3) is 11.7 Å². The molecule has 0 aliphatic carbocycles. The minimum atomic E-state index is -0.862. The van der Waals surface area contributed by atoms with Crippen molar-refractivity contribution in [1.82, 2.24) is 19.2 Å². The van der Waals surface area contributed by atoms with Gasteiger partial charge in [-0.2, -0.15) is 0 Å². The summed E-state index contributed by atoms with van der Waals surface area (Å²) in [5.41, 5.74) is 2.07. The van der Waals surface area contributed by atoms with Crippen molar-refractivity contribution in [2.45, 2.75) is 13.0 Å². The van der Waals surface area contributed by atoms with E-state index in [1.54, 1.807) is 35.7 Å². The summed E-state index contributed by atoms with van der Waals surface area (Å²) in [6.45, 7) is 2.57. The Balaban J connectivity index is 1.99. The number of benzene rings is 1. The summed E-state index contributed by atoms with van der Waals surface area (Å²) >= 11 is 0. The van der Waals surface area contributed by atoms with Crippen LogP contribution in [0.2, 0.25) is 0 Å². The van der Waals surface area contributed by atoms with Crippen LogP contribution >= 0.6 is 0 Å². The van der Waals surface area contributed by atoms with Crippen molar-refractivity contribution in [3.8, 4) is 11.5 Å². The fourth-order valence-electron chi connectivity index (χ4n) is 4.40. The lowest BCUT2D eigenvalue weighted by Crippen LogP contribution is -2.35. The molecule has 3 heterocycles. The normalized spacial score (nSPS) is 17.7. The zero-order chi connectivity index (χ0) is 24.6. The van der Waals surface area contributed by atoms with Crippen molar-refractivity contribution in [3.05, 3.63) is 65.1 Å². The van der Waals surface area contributed by atoms with E-state index in [0.717, 1.165) is 0 Å². The number of hydrogen-bond donors (Lipinski definition) is 1. The van der Waals surface area contributed by atoms with Gasteiger partial charge in [0.05, 0.1) is 31.5 Å². The first-order chi connectivity index (χ1) is 16.3. The quantitative estimate of drug-likeness (QED) is 0.326. The number of hydrogen-bond acceptors (Lipinski definition) is 7. The molecule has 0 saturated carbocycles. The van der Waals surface area contributed by atoms with E-state index >= 15 is 0 Å². The van der Waals surface area contributed by atoms with E-state index in [9.17, 15) is 14.7 Å². The third-order valence-corrected chi connectivity index (χ3v) is 5.98. The molecule has 34 heavy (non-hydrogen) atoms. The van der Waals surface area contributed by atoms with Gasteiger partial charge < -0.3 is 24.4 Å². The van der Waals surface area contributed by atoms with Gasteiger partial charge in [-0.3, -0.25) is 14.0 Å². The van der Waals surface area contributed by atoms with Crippen molar-refractivity contribution in [2.75, 3.05) is 41.4 Å². The number of likely N-dealkylation sites (tertiary alicyclic amines) is 1. The van der Waals surface area contributed by atoms with Gasteiger partial charge in [0.1, 0.15) is 11.3 Å². The van der Waals surface area contributed by atoms with Crippen LogP contribution in [0.3, 0.4) is 0 Å². The molecule has 9 heteroatoms. The molecule has 3 aromatic rings. The van der Waals surface area contributed by atoms with Crippen molar-refractivity contribution >= 4 is 23.1 Å². The summed E-state index contributed by atoms with van der Waals surface area (Å²) in [6.07, 6.45) is 1.76. The molecule has 1 saturated heterocycles. The largest absolute Gasteiger partial charge is 0.505 e. The van der Waals surface area contributed by atoms with E-state index in [1.165, 1.54) is 19.1 Å². The first kappa shape index (κ1) is 23.3. The molecule has 4 rings (SSSR count). The number of Topliss-reactive ketones (excluding diaryl/α,β-unsaturated/α-hetero) is 1. The lowest BCUT2D eigenvalue weighted by Gasteiger charge is -2.28. The number of imidazole rings is 1. The molecule has 1 aliphatic rings. The lowest BCUT2D eigenvalue weighted by molar-refractivity contribution is -0.140. The number of aromatic nitrogens is 2. The van der Waals surface area contributed by atoms with Gasteiger partial charge in [0.2, 0.25) is 0 Å². The van der Waals surface area contributed by atoms with Crippen LogP contribution in [0.25, 0.3) is 11.4 Å². The molecule has 1 aliphatic heterocycles. The first-order valence-corrected chi connectivity index (χ1v) is 10.9. The Labute approximate surface area is 197 Å². The van der Waals surface area contributed by atoms with Crippen molar-refractivity contribution in [2.24, 2.45) is 0 Å². The highest BCUT2D eigenvalue weighted by Gasteiger charge is 2.47. The van der Waals surface area contributed by atoms with Crippen LogP contribution in [0.15, 0.2) is 48.2 Å². The molecule has 0 spiro atoms. The van der Waals surface area contributed by atoms with Crippen molar-refractivity contribution in [3.63, 3.8) is 0 Å². The van der Waals surface area contributed by atoms with Crippen LogP contribution < -0.4 is 9.47 Å². The summed E-state index contributed by atoms with van der Waals surface area (Å²) in [5.74, 6) is -0.852. The Morgan fingerprint density at radius 2 is 1.88 bits per heavy atom. The van der Waals surface area contributed by atoms with Crippen LogP contribution in [0.4, 0.5) is 0 Å². The fraction of sp³-hybridized carbons (Fsp3) is 0.320. The Kier molecular flexibility index (Phi) is 6.30. The van der Waals surface area contributed by atoms with Gasteiger partial charge in [0.15, 0.2) is 17.3 Å².